The number of alkyl carbamates (subject to hydrolysis) is 2. The first-order valence-corrected chi connectivity index (χ1v) is 49.5. The summed E-state index contributed by atoms with van der Waals surface area (Å²) >= 11 is 0. The van der Waals surface area contributed by atoms with Crippen molar-refractivity contribution < 1.29 is 142 Å². The Morgan fingerprint density at radius 1 is 0.392 bits per heavy atom. The molecule has 3 aromatic carbocycles. The minimum Gasteiger partial charge on any atom is -0.461 e. The average molecular weight is 2050 g/mol. The third-order valence-corrected chi connectivity index (χ3v) is 19.0. The summed E-state index contributed by atoms with van der Waals surface area (Å²) in [5.74, 6) is -1.65. The van der Waals surface area contributed by atoms with Gasteiger partial charge in [-0.2, -0.15) is 8.42 Å². The number of hydrogen-bond acceptors (Lipinski definition) is 32. The predicted molar refractivity (Wildman–Crippen MR) is 541 cm³/mol. The normalized spacial score (nSPS) is 11.8. The van der Waals surface area contributed by atoms with Crippen LogP contribution in [0.2, 0.25) is 0 Å². The zero-order valence-corrected chi connectivity index (χ0v) is 91.1. The van der Waals surface area contributed by atoms with Crippen LogP contribution in [0.25, 0.3) is 26.4 Å². The molecule has 143 heavy (non-hydrogen) atoms. The van der Waals surface area contributed by atoms with Gasteiger partial charge in [-0.1, -0.05) is 96.1 Å². The molecule has 45 nitrogen and oxygen atoms in total. The maximum absolute atomic E-state index is 12.2. The van der Waals surface area contributed by atoms with Crippen molar-refractivity contribution in [3.05, 3.63) is 134 Å². The summed E-state index contributed by atoms with van der Waals surface area (Å²) in [6, 6.07) is 28.0. The van der Waals surface area contributed by atoms with Crippen LogP contribution in [0, 0.1) is 0 Å². The molecule has 0 saturated carbocycles. The molecule has 3 rings (SSSR count). The largest absolute Gasteiger partial charge is 1.00 e. The summed E-state index contributed by atoms with van der Waals surface area (Å²) in [4.78, 5) is 163. The van der Waals surface area contributed by atoms with Gasteiger partial charge in [0, 0.05) is 201 Å². The summed E-state index contributed by atoms with van der Waals surface area (Å²) in [6.07, 6.45) is 5.78. The van der Waals surface area contributed by atoms with Gasteiger partial charge in [-0.05, 0) is 196 Å². The second kappa shape index (κ2) is 82.7. The molecule has 0 bridgehead atoms. The van der Waals surface area contributed by atoms with E-state index >= 15 is 0 Å². The Morgan fingerprint density at radius 3 is 0.965 bits per heavy atom. The average Bonchev–Trinajstić information content (AvgIpc) is 0.903. The van der Waals surface area contributed by atoms with Gasteiger partial charge in [0.15, 0.2) is 0 Å². The van der Waals surface area contributed by atoms with Crippen molar-refractivity contribution in [1.29, 1.82) is 0 Å². The van der Waals surface area contributed by atoms with Gasteiger partial charge >= 0.3 is 72.0 Å². The number of nitrogens with one attached hydrogen (secondary N) is 8. The molecule has 0 spiro atoms. The summed E-state index contributed by atoms with van der Waals surface area (Å²) in [6.45, 7) is 41.8. The van der Waals surface area contributed by atoms with E-state index in [0.717, 1.165) is 55.4 Å². The van der Waals surface area contributed by atoms with Crippen LogP contribution in [-0.4, -0.2) is 296 Å². The number of nitrogens with two attached hydrogens (primary N) is 3. The summed E-state index contributed by atoms with van der Waals surface area (Å²) in [5.41, 5.74) is 39.5. The molecule has 806 valence electrons. The molecule has 14 N–H and O–H groups in total. The van der Waals surface area contributed by atoms with Crippen LogP contribution in [0.15, 0.2) is 96.1 Å². The molecular formula is C96H166N21NaO24S. The number of esters is 3. The Hall–Kier alpha value is -10.6. The molecule has 4 unspecified atom stereocenters. The van der Waals surface area contributed by atoms with Crippen LogP contribution in [0.4, 0.5) is 19.2 Å². The number of azide groups is 1. The fraction of sp³-hybridized carbons (Fsp3) is 0.677. The molecule has 0 fully saturated rings. The van der Waals surface area contributed by atoms with E-state index in [-0.39, 0.29) is 159 Å². The van der Waals surface area contributed by atoms with Crippen molar-refractivity contribution in [2.75, 3.05) is 144 Å². The first-order valence-electron chi connectivity index (χ1n) is 47.7. The van der Waals surface area contributed by atoms with Crippen LogP contribution in [0.1, 0.15) is 231 Å². The molecule has 4 atom stereocenters. The van der Waals surface area contributed by atoms with Crippen LogP contribution < -0.4 is 89.3 Å². The van der Waals surface area contributed by atoms with E-state index in [2.05, 4.69) is 76.9 Å². The molecule has 0 aliphatic heterocycles. The smallest absolute Gasteiger partial charge is 0.461 e. The summed E-state index contributed by atoms with van der Waals surface area (Å²) in [5, 5.41) is 26.1. The van der Waals surface area contributed by atoms with Gasteiger partial charge in [0.2, 0.25) is 35.4 Å². The van der Waals surface area contributed by atoms with E-state index in [0.29, 0.717) is 169 Å². The number of benzene rings is 3. The summed E-state index contributed by atoms with van der Waals surface area (Å²) < 4.78 is 67.2. The maximum atomic E-state index is 12.2. The second-order valence-electron chi connectivity index (χ2n) is 37.0. The molecule has 47 heteroatoms. The predicted octanol–water partition coefficient (Wildman–Crippen LogP) is 7.09. The molecule has 8 amide bonds. The molecular weight excluding hydrogens is 1890 g/mol. The Labute approximate surface area is 868 Å². The number of hydrogen-bond donors (Lipinski definition) is 11. The molecule has 0 radical (unpaired) electrons. The third-order valence-electron chi connectivity index (χ3n) is 18.4. The quantitative estimate of drug-likeness (QED) is 0.00309. The van der Waals surface area contributed by atoms with Gasteiger partial charge in [-0.15, -0.1) is 0 Å². The second-order valence-corrected chi connectivity index (χ2v) is 38.6. The number of ether oxygens (including phenoxy) is 8. The molecule has 0 saturated heterocycles. The van der Waals surface area contributed by atoms with Crippen molar-refractivity contribution in [3.63, 3.8) is 0 Å². The van der Waals surface area contributed by atoms with Crippen molar-refractivity contribution in [2.24, 2.45) is 22.3 Å². The minimum atomic E-state index is -3.51. The molecule has 0 aliphatic carbocycles. The summed E-state index contributed by atoms with van der Waals surface area (Å²) in [7, 11) is -3.51. The van der Waals surface area contributed by atoms with E-state index in [1.165, 1.54) is 46.5 Å². The van der Waals surface area contributed by atoms with Crippen LogP contribution in [0.5, 0.6) is 0 Å². The van der Waals surface area contributed by atoms with Crippen LogP contribution in [0.3, 0.4) is 0 Å². The number of amides is 8. The van der Waals surface area contributed by atoms with Crippen molar-refractivity contribution in [1.82, 2.24) is 62.1 Å². The van der Waals surface area contributed by atoms with E-state index in [9.17, 15) is 70.7 Å². The van der Waals surface area contributed by atoms with Gasteiger partial charge in [0.05, 0.1) is 12.9 Å². The van der Waals surface area contributed by atoms with E-state index in [4.69, 9.17) is 71.1 Å². The van der Waals surface area contributed by atoms with Crippen LogP contribution in [-0.2, 0) is 115 Å². The van der Waals surface area contributed by atoms with Gasteiger partial charge < -0.3 is 109 Å². The van der Waals surface area contributed by atoms with E-state index in [1.54, 1.807) is 62.3 Å². The van der Waals surface area contributed by atoms with Crippen molar-refractivity contribution in [2.45, 2.75) is 281 Å². The topological polar surface area (TPSA) is 634 Å². The zero-order valence-electron chi connectivity index (χ0n) is 88.3. The first-order chi connectivity index (χ1) is 66.6. The SMILES string of the molecule is CC(=O)NCCN(CCCC(=O)OCc1ccccc1)CC(CCCN=[N+]=[N-])NC(C)=O.CC(=O)NCCN(CCCC(=O)OCc1ccccc1)CC(CCCNC(=O)OC(C)(C)C)NC(C)=O.CC(=O)NCCN(CCCC(=O)OCc1ccccc1)CC(CCCOS(C)(=O)=O)NC(C)=O.CC(C)(C)OC(=O)NCCCC(N)CN(CCN)CCN.CC(C)(C)OC(=O)OC(=O)OC(C)(C)C.[N-]=[N+]=[N-].[Na+]. The van der Waals surface area contributed by atoms with Crippen molar-refractivity contribution in [3.8, 4) is 0 Å². The Morgan fingerprint density at radius 2 is 0.685 bits per heavy atom. The Bertz CT molecular complexity index is 4230. The maximum Gasteiger partial charge on any atom is 1.00 e. The number of carbonyl (C=O) groups is 13. The number of rotatable bonds is 59. The Kier molecular flexibility index (Phi) is 80.2. The number of carbonyl (C=O) groups excluding carboxylic acids is 13. The monoisotopic (exact) mass is 2050 g/mol. The number of nitrogens with zero attached hydrogens (tertiary/aromatic N) is 10. The molecule has 3 aromatic rings. The standard InChI is InChI=1S/C27H44N4O6.C23H37N3O7S.C22H34N6O4.C14H33N5O2.C10H18O5.N3.Na/c1-21(32)28-16-18-31(17-10-14-25(34)36-20-23-11-7-6-8-12-23)19-24(30-22(2)33)13-9-15-29-26(35)37-27(3,4)5;1-19(27)24-13-15-26(14-7-12-23(29)32-18-21-9-5-4-6-10-21)17-22(25-20(2)28)11-8-16-33-34(3,30)31;1-18(29)24-13-15-28(16-21(26-19(2)30)10-6-12-25-27-23)14-7-11-22(31)32-17-20-8-4-3-5-9-20;1-14(2,3)21-13(20)18-8-4-5-12(17)11-19(9-6-15)10-7-16;1-9(2,3)14-7(11)13-8(12)15-10(4,5)6;1-3-2;/h6-8,11-12,24H,9-10,13-20H2,1-5H3,(H,28,32)(H,29,35)(H,30,33);4-6,9-10,22H,7-8,11-18H2,1-3H3,(H,24,27)(H,25,28);3-5,8-9,21H,6-7,10-17H2,1-2H3,(H,24,29)(H,26,30);12H,4-11,15-17H2,1-3H3,(H,18,20);1-6H3;;/q;;;;;-1;+1. The fourth-order valence-corrected chi connectivity index (χ4v) is 13.1. The van der Waals surface area contributed by atoms with Gasteiger partial charge in [-0.25, -0.2) is 19.2 Å². The first kappa shape index (κ1) is 139. The molecule has 0 heterocycles. The van der Waals surface area contributed by atoms with E-state index in [1.807, 2.05) is 112 Å². The molecule has 0 aromatic heterocycles. The Balaban J connectivity index is -0.000000860. The van der Waals surface area contributed by atoms with Crippen molar-refractivity contribution >= 4 is 88.0 Å². The third kappa shape index (κ3) is 97.3. The minimum absolute atomic E-state index is 0. The molecule has 0 aliphatic rings. The zero-order chi connectivity index (χ0) is 108. The van der Waals surface area contributed by atoms with Gasteiger partial charge in [0.25, 0.3) is 10.1 Å². The fourth-order valence-electron chi connectivity index (χ4n) is 12.7. The van der Waals surface area contributed by atoms with Gasteiger partial charge in [-0.3, -0.25) is 71.8 Å². The van der Waals surface area contributed by atoms with E-state index < -0.39 is 50.9 Å². The van der Waals surface area contributed by atoms with Crippen LogP contribution >= 0.6 is 0 Å². The van der Waals surface area contributed by atoms with Gasteiger partial charge in [0.1, 0.15) is 42.2 Å².